The lowest BCUT2D eigenvalue weighted by atomic mass is 9.93. The van der Waals surface area contributed by atoms with E-state index < -0.39 is 11.7 Å². The van der Waals surface area contributed by atoms with E-state index in [1.54, 1.807) is 12.3 Å². The van der Waals surface area contributed by atoms with E-state index in [4.69, 9.17) is 10.2 Å². The summed E-state index contributed by atoms with van der Waals surface area (Å²) in [5, 5.41) is 3.31. The number of carbonyl (C=O) groups excluding carboxylic acids is 1. The van der Waals surface area contributed by atoms with Crippen LogP contribution in [0.25, 0.3) is 0 Å². The van der Waals surface area contributed by atoms with Crippen molar-refractivity contribution in [1.82, 2.24) is 0 Å². The molecule has 0 saturated heterocycles. The van der Waals surface area contributed by atoms with Crippen LogP contribution in [0.2, 0.25) is 0 Å². The SMILES string of the molecule is NC(=O)c1cc(NC2CCCc3occc32)ccc1F. The molecule has 1 aliphatic carbocycles. The maximum atomic E-state index is 13.4. The Balaban J connectivity index is 1.86. The predicted octanol–water partition coefficient (Wildman–Crippen LogP) is 3.01. The monoisotopic (exact) mass is 274 g/mol. The van der Waals surface area contributed by atoms with Gasteiger partial charge in [0.2, 0.25) is 0 Å². The number of hydrogen-bond acceptors (Lipinski definition) is 3. The van der Waals surface area contributed by atoms with Crippen LogP contribution in [0.5, 0.6) is 0 Å². The van der Waals surface area contributed by atoms with Crippen molar-refractivity contribution in [1.29, 1.82) is 0 Å². The van der Waals surface area contributed by atoms with Gasteiger partial charge in [-0.15, -0.1) is 0 Å². The first-order chi connectivity index (χ1) is 9.65. The van der Waals surface area contributed by atoms with Crippen LogP contribution < -0.4 is 11.1 Å². The van der Waals surface area contributed by atoms with E-state index in [2.05, 4.69) is 5.32 Å². The van der Waals surface area contributed by atoms with Crippen molar-refractivity contribution < 1.29 is 13.6 Å². The summed E-state index contributed by atoms with van der Waals surface area (Å²) in [7, 11) is 0. The predicted molar refractivity (Wildman–Crippen MR) is 72.9 cm³/mol. The van der Waals surface area contributed by atoms with Gasteiger partial charge in [0.05, 0.1) is 17.9 Å². The molecule has 3 N–H and O–H groups in total. The highest BCUT2D eigenvalue weighted by Gasteiger charge is 2.22. The lowest BCUT2D eigenvalue weighted by Gasteiger charge is -2.24. The third-order valence-corrected chi connectivity index (χ3v) is 3.62. The zero-order valence-corrected chi connectivity index (χ0v) is 10.9. The van der Waals surface area contributed by atoms with Crippen molar-refractivity contribution in [3.63, 3.8) is 0 Å². The number of benzene rings is 1. The van der Waals surface area contributed by atoms with E-state index in [-0.39, 0.29) is 11.6 Å². The zero-order chi connectivity index (χ0) is 14.1. The molecule has 0 bridgehead atoms. The van der Waals surface area contributed by atoms with Gasteiger partial charge in [-0.25, -0.2) is 4.39 Å². The molecule has 1 heterocycles. The molecule has 20 heavy (non-hydrogen) atoms. The lowest BCUT2D eigenvalue weighted by Crippen LogP contribution is -2.17. The number of halogens is 1. The molecular weight excluding hydrogens is 259 g/mol. The van der Waals surface area contributed by atoms with Crippen LogP contribution in [0.15, 0.2) is 34.9 Å². The fourth-order valence-corrected chi connectivity index (χ4v) is 2.64. The normalized spacial score (nSPS) is 17.6. The van der Waals surface area contributed by atoms with Gasteiger partial charge in [0.25, 0.3) is 5.91 Å². The Labute approximate surface area is 115 Å². The topological polar surface area (TPSA) is 68.3 Å². The summed E-state index contributed by atoms with van der Waals surface area (Å²) in [5.41, 5.74) is 6.86. The summed E-state index contributed by atoms with van der Waals surface area (Å²) in [6.45, 7) is 0. The van der Waals surface area contributed by atoms with E-state index in [0.29, 0.717) is 5.69 Å². The van der Waals surface area contributed by atoms with E-state index in [1.807, 2.05) is 6.07 Å². The first-order valence-electron chi connectivity index (χ1n) is 6.57. The van der Waals surface area contributed by atoms with Crippen molar-refractivity contribution in [2.45, 2.75) is 25.3 Å². The largest absolute Gasteiger partial charge is 0.469 e. The molecule has 0 radical (unpaired) electrons. The van der Waals surface area contributed by atoms with Gasteiger partial charge in [0.15, 0.2) is 0 Å². The smallest absolute Gasteiger partial charge is 0.251 e. The van der Waals surface area contributed by atoms with Gasteiger partial charge in [-0.1, -0.05) is 0 Å². The fraction of sp³-hybridized carbons (Fsp3) is 0.267. The fourth-order valence-electron chi connectivity index (χ4n) is 2.64. The number of furan rings is 1. The Morgan fingerprint density at radius 2 is 2.25 bits per heavy atom. The number of nitrogens with one attached hydrogen (secondary N) is 1. The Morgan fingerprint density at radius 3 is 3.05 bits per heavy atom. The summed E-state index contributed by atoms with van der Waals surface area (Å²) in [6, 6.07) is 6.37. The standard InChI is InChI=1S/C15H15FN2O2/c16-12-5-4-9(8-11(12)15(17)19)18-13-2-1-3-14-10(13)6-7-20-14/h4-8,13,18H,1-3H2,(H2,17,19). The number of rotatable bonds is 3. The van der Waals surface area contributed by atoms with Gasteiger partial charge < -0.3 is 15.5 Å². The molecule has 1 atom stereocenters. The summed E-state index contributed by atoms with van der Waals surface area (Å²) < 4.78 is 18.9. The van der Waals surface area contributed by atoms with Crippen LogP contribution >= 0.6 is 0 Å². The van der Waals surface area contributed by atoms with Crippen LogP contribution in [-0.4, -0.2) is 5.91 Å². The number of primary amides is 1. The molecule has 104 valence electrons. The van der Waals surface area contributed by atoms with E-state index in [1.165, 1.54) is 12.1 Å². The number of fused-ring (bicyclic) bond motifs is 1. The molecule has 3 rings (SSSR count). The van der Waals surface area contributed by atoms with Gasteiger partial charge in [-0.05, 0) is 37.1 Å². The molecule has 0 aliphatic heterocycles. The minimum Gasteiger partial charge on any atom is -0.469 e. The molecule has 0 fully saturated rings. The van der Waals surface area contributed by atoms with Crippen molar-refractivity contribution >= 4 is 11.6 Å². The molecule has 0 saturated carbocycles. The highest BCUT2D eigenvalue weighted by molar-refractivity contribution is 5.94. The average molecular weight is 274 g/mol. The first kappa shape index (κ1) is 12.7. The van der Waals surface area contributed by atoms with Crippen molar-refractivity contribution in [2.75, 3.05) is 5.32 Å². The Kier molecular flexibility index (Phi) is 3.18. The van der Waals surface area contributed by atoms with Gasteiger partial charge in [0.1, 0.15) is 11.6 Å². The zero-order valence-electron chi connectivity index (χ0n) is 10.9. The highest BCUT2D eigenvalue weighted by atomic mass is 19.1. The second-order valence-corrected chi connectivity index (χ2v) is 4.95. The molecule has 4 nitrogen and oxygen atoms in total. The molecule has 1 amide bonds. The number of amides is 1. The summed E-state index contributed by atoms with van der Waals surface area (Å²) in [4.78, 5) is 11.2. The van der Waals surface area contributed by atoms with Crippen LogP contribution in [0.4, 0.5) is 10.1 Å². The van der Waals surface area contributed by atoms with Gasteiger partial charge in [-0.2, -0.15) is 0 Å². The molecular formula is C15H15FN2O2. The maximum absolute atomic E-state index is 13.4. The second-order valence-electron chi connectivity index (χ2n) is 4.95. The average Bonchev–Trinajstić information content (AvgIpc) is 2.90. The Morgan fingerprint density at radius 1 is 1.40 bits per heavy atom. The van der Waals surface area contributed by atoms with E-state index in [9.17, 15) is 9.18 Å². The molecule has 1 aromatic carbocycles. The third-order valence-electron chi connectivity index (χ3n) is 3.62. The Hall–Kier alpha value is -2.30. The molecule has 1 unspecified atom stereocenters. The van der Waals surface area contributed by atoms with Gasteiger partial charge in [-0.3, -0.25) is 4.79 Å². The minimum absolute atomic E-state index is 0.0989. The van der Waals surface area contributed by atoms with Crippen LogP contribution in [0.1, 0.15) is 40.6 Å². The number of hydrogen-bond donors (Lipinski definition) is 2. The molecule has 5 heteroatoms. The second kappa shape index (κ2) is 5.00. The van der Waals surface area contributed by atoms with Gasteiger partial charge >= 0.3 is 0 Å². The van der Waals surface area contributed by atoms with Crippen molar-refractivity contribution in [3.8, 4) is 0 Å². The lowest BCUT2D eigenvalue weighted by molar-refractivity contribution is 0.0996. The summed E-state index contributed by atoms with van der Waals surface area (Å²) >= 11 is 0. The van der Waals surface area contributed by atoms with E-state index in [0.717, 1.165) is 30.6 Å². The number of aryl methyl sites for hydroxylation is 1. The minimum atomic E-state index is -0.765. The van der Waals surface area contributed by atoms with Crippen molar-refractivity contribution in [2.24, 2.45) is 5.73 Å². The maximum Gasteiger partial charge on any atom is 0.251 e. The molecule has 1 aromatic heterocycles. The van der Waals surface area contributed by atoms with Crippen LogP contribution in [-0.2, 0) is 6.42 Å². The van der Waals surface area contributed by atoms with E-state index >= 15 is 0 Å². The number of nitrogens with two attached hydrogens (primary N) is 1. The van der Waals surface area contributed by atoms with Crippen molar-refractivity contribution in [3.05, 3.63) is 53.2 Å². The summed E-state index contributed by atoms with van der Waals surface area (Å²) in [5.74, 6) is -0.375. The van der Waals surface area contributed by atoms with Crippen LogP contribution in [0.3, 0.4) is 0 Å². The molecule has 0 spiro atoms. The quantitative estimate of drug-likeness (QED) is 0.904. The Bertz CT molecular complexity index is 651. The molecule has 1 aliphatic rings. The highest BCUT2D eigenvalue weighted by Crippen LogP contribution is 2.33. The first-order valence-corrected chi connectivity index (χ1v) is 6.57. The summed E-state index contributed by atoms with van der Waals surface area (Å²) in [6.07, 6.45) is 4.62. The molecule has 2 aromatic rings. The van der Waals surface area contributed by atoms with Gasteiger partial charge in [0, 0.05) is 17.7 Å². The third kappa shape index (κ3) is 2.27. The van der Waals surface area contributed by atoms with Crippen LogP contribution in [0, 0.1) is 5.82 Å². The number of anilines is 1. The number of carbonyl (C=O) groups is 1.